The van der Waals surface area contributed by atoms with Crippen LogP contribution in [0.25, 0.3) is 0 Å². The molecule has 0 aliphatic heterocycles. The molecule has 40 heavy (non-hydrogen) atoms. The van der Waals surface area contributed by atoms with Crippen LogP contribution >= 0.6 is 0 Å². The third-order valence-corrected chi connectivity index (χ3v) is 6.68. The molecule has 0 saturated heterocycles. The molecule has 0 aliphatic carbocycles. The summed E-state index contributed by atoms with van der Waals surface area (Å²) in [5.41, 5.74) is 4.96. The zero-order valence-corrected chi connectivity index (χ0v) is 24.8. The summed E-state index contributed by atoms with van der Waals surface area (Å²) in [4.78, 5) is 45.5. The number of carbonyl (C=O) groups is 4. The van der Waals surface area contributed by atoms with Crippen molar-refractivity contribution in [3.05, 3.63) is 0 Å². The van der Waals surface area contributed by atoms with Crippen LogP contribution in [-0.4, -0.2) is 90.9 Å². The van der Waals surface area contributed by atoms with Gasteiger partial charge in [-0.15, -0.1) is 0 Å². The highest BCUT2D eigenvalue weighted by Gasteiger charge is 2.18. The van der Waals surface area contributed by atoms with Crippen LogP contribution in [0.4, 0.5) is 0 Å². The van der Waals surface area contributed by atoms with E-state index in [-0.39, 0.29) is 25.0 Å². The molecule has 10 nitrogen and oxygen atoms in total. The third-order valence-electron chi connectivity index (χ3n) is 6.68. The summed E-state index contributed by atoms with van der Waals surface area (Å²) in [7, 11) is 0. The lowest BCUT2D eigenvalue weighted by atomic mass is 10.0. The van der Waals surface area contributed by atoms with Gasteiger partial charge in [-0.25, -0.2) is 9.59 Å². The molecule has 10 heteroatoms. The molecule has 0 aromatic rings. The van der Waals surface area contributed by atoms with Crippen LogP contribution in [0.5, 0.6) is 0 Å². The van der Waals surface area contributed by atoms with E-state index in [2.05, 4.69) is 13.4 Å². The maximum atomic E-state index is 12.3. The Kier molecular flexibility index (Phi) is 25.1. The quantitative estimate of drug-likeness (QED) is 0.0786. The Labute approximate surface area is 241 Å². The first-order valence-electron chi connectivity index (χ1n) is 15.1. The molecule has 0 spiro atoms. The van der Waals surface area contributed by atoms with Crippen molar-refractivity contribution in [2.24, 2.45) is 5.73 Å². The molecule has 0 rings (SSSR count). The van der Waals surface area contributed by atoms with E-state index >= 15 is 0 Å². The number of amides is 3. The van der Waals surface area contributed by atoms with Gasteiger partial charge in [-0.05, 0) is 12.8 Å². The highest BCUT2D eigenvalue weighted by molar-refractivity contribution is 5.75. The molecule has 0 radical (unpaired) electrons. The number of rotatable bonds is 29. The second-order valence-corrected chi connectivity index (χ2v) is 10.4. The number of carboxylic acids is 1. The summed E-state index contributed by atoms with van der Waals surface area (Å²) in [5, 5.41) is 8.62. The average Bonchev–Trinajstić information content (AvgIpc) is 2.91. The van der Waals surface area contributed by atoms with Crippen LogP contribution in [-0.2, 0) is 28.7 Å². The van der Waals surface area contributed by atoms with E-state index in [1.54, 1.807) is 0 Å². The van der Waals surface area contributed by atoms with Crippen LogP contribution in [0.15, 0.2) is 0 Å². The van der Waals surface area contributed by atoms with Gasteiger partial charge in [-0.2, -0.15) is 9.15 Å². The fraction of sp³-hybridized carbons (Fsp3) is 0.800. The fourth-order valence-corrected chi connectivity index (χ4v) is 4.23. The van der Waals surface area contributed by atoms with Gasteiger partial charge in [0.1, 0.15) is 26.6 Å². The Morgan fingerprint density at radius 2 is 0.950 bits per heavy atom. The topological polar surface area (TPSA) is 139 Å². The molecule has 3 amide bonds. The number of carboxylic acid groups (broad SMARTS) is 1. The summed E-state index contributed by atoms with van der Waals surface area (Å²) in [6.07, 6.45) is 17.7. The average molecular weight is 570 g/mol. The van der Waals surface area contributed by atoms with Gasteiger partial charge in [0, 0.05) is 12.8 Å². The smallest absolute Gasteiger partial charge is 0.386 e. The molecule has 0 heterocycles. The molecule has 3 N–H and O–H groups in total. The van der Waals surface area contributed by atoms with Gasteiger partial charge in [0.05, 0.1) is 26.1 Å². The highest BCUT2D eigenvalue weighted by Crippen LogP contribution is 2.14. The number of primary amides is 1. The van der Waals surface area contributed by atoms with E-state index in [1.807, 2.05) is 0 Å². The van der Waals surface area contributed by atoms with Crippen molar-refractivity contribution in [1.29, 1.82) is 0 Å². The maximum absolute atomic E-state index is 12.3. The van der Waals surface area contributed by atoms with Gasteiger partial charge in [0.25, 0.3) is 0 Å². The molecule has 230 valence electrons. The minimum Gasteiger partial charge on any atom is -0.481 e. The summed E-state index contributed by atoms with van der Waals surface area (Å²) in [5.74, 6) is -1.31. The molecule has 0 fully saturated rings. The Morgan fingerprint density at radius 3 is 1.43 bits per heavy atom. The van der Waals surface area contributed by atoms with Gasteiger partial charge < -0.3 is 20.3 Å². The lowest BCUT2D eigenvalue weighted by Crippen LogP contribution is -2.26. The van der Waals surface area contributed by atoms with Crippen molar-refractivity contribution in [3.8, 4) is 0 Å². The molecule has 0 aromatic carbocycles. The Bertz CT molecular complexity index is 756. The van der Waals surface area contributed by atoms with Gasteiger partial charge >= 0.3 is 17.8 Å². The first-order chi connectivity index (χ1) is 19.2. The van der Waals surface area contributed by atoms with Crippen molar-refractivity contribution in [3.63, 3.8) is 0 Å². The zero-order valence-electron chi connectivity index (χ0n) is 24.8. The van der Waals surface area contributed by atoms with Gasteiger partial charge in [0.15, 0.2) is 13.1 Å². The highest BCUT2D eigenvalue weighted by atomic mass is 16.5. The number of carbonyl (C=O) groups excluding carboxylic acids is 3. The summed E-state index contributed by atoms with van der Waals surface area (Å²) in [6.45, 7) is 9.09. The van der Waals surface area contributed by atoms with E-state index in [4.69, 9.17) is 20.3 Å². The molecule has 0 aliphatic rings. The summed E-state index contributed by atoms with van der Waals surface area (Å²) < 4.78 is 13.1. The monoisotopic (exact) mass is 569 g/mol. The van der Waals surface area contributed by atoms with Crippen molar-refractivity contribution in [2.75, 3.05) is 39.5 Å². The zero-order chi connectivity index (χ0) is 29.8. The molecule has 0 unspecified atom stereocenters. The normalized spacial score (nSPS) is 10.9. The summed E-state index contributed by atoms with van der Waals surface area (Å²) in [6, 6.07) is 0. The minimum absolute atomic E-state index is 0.0211. The van der Waals surface area contributed by atoms with Gasteiger partial charge in [-0.3, -0.25) is 9.59 Å². The molecule has 0 aromatic heterocycles. The lowest BCUT2D eigenvalue weighted by Gasteiger charge is -2.04. The lowest BCUT2D eigenvalue weighted by molar-refractivity contribution is -0.452. The van der Waals surface area contributed by atoms with Crippen molar-refractivity contribution < 1.29 is 42.9 Å². The number of unbranched alkanes of at least 4 members (excludes halogenated alkanes) is 13. The Balaban J connectivity index is 3.53. The SMILES string of the molecule is C=[N+](CCCC(=O)[N+](=C)CCOCCOCC(N)=O)C(=O)CCCCCCCCCCCCCCCCC(=O)O. The Morgan fingerprint density at radius 1 is 0.550 bits per heavy atom. The van der Waals surface area contributed by atoms with Crippen molar-refractivity contribution >= 4 is 37.1 Å². The van der Waals surface area contributed by atoms with Crippen LogP contribution < -0.4 is 5.73 Å². The minimum atomic E-state index is -0.692. The number of nitrogens with two attached hydrogens (primary N) is 1. The number of hydrogen-bond acceptors (Lipinski definition) is 6. The summed E-state index contributed by atoms with van der Waals surface area (Å²) >= 11 is 0. The molecule has 0 saturated carbocycles. The van der Waals surface area contributed by atoms with E-state index in [1.165, 1.54) is 60.5 Å². The predicted molar refractivity (Wildman–Crippen MR) is 156 cm³/mol. The largest absolute Gasteiger partial charge is 0.481 e. The van der Waals surface area contributed by atoms with Crippen molar-refractivity contribution in [2.45, 2.75) is 116 Å². The van der Waals surface area contributed by atoms with E-state index < -0.39 is 11.9 Å². The standard InChI is InChI=1S/C30H53N3O7/c1-32(21-17-19-29(36)33(2)22-23-39-24-25-40-26-27(31)34)28(35)18-15-13-11-9-7-5-3-4-6-8-10-12-14-16-20-30(37)38/h1-26H2,(H-2,31,34,37,38)/p+2. The van der Waals surface area contributed by atoms with Crippen LogP contribution in [0.3, 0.4) is 0 Å². The number of nitrogens with zero attached hydrogens (tertiary/aromatic N) is 2. The number of ether oxygens (including phenoxy) is 2. The second kappa shape index (κ2) is 26.7. The first-order valence-corrected chi connectivity index (χ1v) is 15.1. The van der Waals surface area contributed by atoms with Crippen molar-refractivity contribution in [1.82, 2.24) is 0 Å². The Hall–Kier alpha value is -2.46. The fourth-order valence-electron chi connectivity index (χ4n) is 4.23. The van der Waals surface area contributed by atoms with Gasteiger partial charge in [0.2, 0.25) is 5.91 Å². The van der Waals surface area contributed by atoms with Crippen LogP contribution in [0.1, 0.15) is 116 Å². The number of aliphatic carboxylic acids is 1. The third kappa shape index (κ3) is 25.8. The van der Waals surface area contributed by atoms with E-state index in [9.17, 15) is 19.2 Å². The molecular weight excluding hydrogens is 514 g/mol. The molecule has 0 atom stereocenters. The van der Waals surface area contributed by atoms with Gasteiger partial charge in [-0.1, -0.05) is 77.0 Å². The van der Waals surface area contributed by atoms with Crippen LogP contribution in [0, 0.1) is 0 Å². The molecule has 0 bridgehead atoms. The number of hydrogen-bond donors (Lipinski definition) is 2. The second-order valence-electron chi connectivity index (χ2n) is 10.4. The van der Waals surface area contributed by atoms with E-state index in [0.717, 1.165) is 38.5 Å². The maximum Gasteiger partial charge on any atom is 0.386 e. The van der Waals surface area contributed by atoms with Crippen LogP contribution in [0.2, 0.25) is 0 Å². The predicted octanol–water partition coefficient (Wildman–Crippen LogP) is 4.09. The molecular formula is C30H55N3O7+2. The van der Waals surface area contributed by atoms with E-state index in [0.29, 0.717) is 52.0 Å². The first kappa shape index (κ1) is 37.5.